The van der Waals surface area contributed by atoms with Crippen LogP contribution in [-0.4, -0.2) is 54.5 Å². The highest BCUT2D eigenvalue weighted by Gasteiger charge is 2.33. The number of likely N-dealkylation sites (N-methyl/N-ethyl adjacent to an activating group) is 2. The highest BCUT2D eigenvalue weighted by atomic mass is 16.2. The van der Waals surface area contributed by atoms with Crippen molar-refractivity contribution in [1.82, 2.24) is 9.80 Å². The molecule has 1 fully saturated rings. The lowest BCUT2D eigenvalue weighted by Gasteiger charge is -2.39. The number of nitrogens with two attached hydrogens (primary N) is 1. The normalized spacial score (nSPS) is 26.2. The number of likely N-dealkylation sites (tertiary alicyclic amines) is 1. The second-order valence-electron chi connectivity index (χ2n) is 5.25. The van der Waals surface area contributed by atoms with Gasteiger partial charge >= 0.3 is 0 Å². The number of hydrogen-bond donors (Lipinski definition) is 1. The summed E-state index contributed by atoms with van der Waals surface area (Å²) in [5, 5.41) is 0. The zero-order valence-corrected chi connectivity index (χ0v) is 11.0. The van der Waals surface area contributed by atoms with Gasteiger partial charge in [0.15, 0.2) is 0 Å². The number of rotatable bonds is 3. The first-order valence-electron chi connectivity index (χ1n) is 6.13. The Morgan fingerprint density at radius 2 is 2.25 bits per heavy atom. The lowest BCUT2D eigenvalue weighted by molar-refractivity contribution is -0.138. The molecule has 1 rings (SSSR count). The van der Waals surface area contributed by atoms with Crippen molar-refractivity contribution in [2.24, 2.45) is 5.73 Å². The van der Waals surface area contributed by atoms with Gasteiger partial charge in [0.1, 0.15) is 0 Å². The van der Waals surface area contributed by atoms with Gasteiger partial charge in [0.05, 0.1) is 5.54 Å². The summed E-state index contributed by atoms with van der Waals surface area (Å²) in [7, 11) is 3.98. The predicted octanol–water partition coefficient (Wildman–Crippen LogP) is 0.666. The summed E-state index contributed by atoms with van der Waals surface area (Å²) in [6, 6.07) is 0.320. The zero-order valence-electron chi connectivity index (χ0n) is 11.0. The summed E-state index contributed by atoms with van der Waals surface area (Å²) in [6.07, 6.45) is 2.93. The maximum absolute atomic E-state index is 12.2. The number of carbonyl (C=O) groups excluding carboxylic acids is 1. The summed E-state index contributed by atoms with van der Waals surface area (Å²) < 4.78 is 0. The number of carbonyl (C=O) groups is 1. The van der Waals surface area contributed by atoms with Gasteiger partial charge in [-0.2, -0.15) is 0 Å². The third-order valence-electron chi connectivity index (χ3n) is 3.69. The SMILES string of the molecule is CCC(C)(N)C(=O)N(C)C1CCCN(C)C1. The van der Waals surface area contributed by atoms with Crippen molar-refractivity contribution in [2.75, 3.05) is 27.2 Å². The van der Waals surface area contributed by atoms with Crippen LogP contribution in [-0.2, 0) is 4.79 Å². The molecule has 0 bridgehead atoms. The molecular formula is C12H25N3O. The van der Waals surface area contributed by atoms with Crippen LogP contribution >= 0.6 is 0 Å². The molecule has 4 heteroatoms. The number of hydrogen-bond acceptors (Lipinski definition) is 3. The first-order valence-corrected chi connectivity index (χ1v) is 6.13. The lowest BCUT2D eigenvalue weighted by Crippen LogP contribution is -2.57. The fraction of sp³-hybridized carbons (Fsp3) is 0.917. The van der Waals surface area contributed by atoms with E-state index < -0.39 is 5.54 Å². The minimum absolute atomic E-state index is 0.0651. The maximum atomic E-state index is 12.2. The van der Waals surface area contributed by atoms with Crippen LogP contribution in [0.25, 0.3) is 0 Å². The van der Waals surface area contributed by atoms with Crippen LogP contribution in [0.1, 0.15) is 33.1 Å². The molecule has 0 spiro atoms. The van der Waals surface area contributed by atoms with Gasteiger partial charge in [0.25, 0.3) is 0 Å². The average molecular weight is 227 g/mol. The van der Waals surface area contributed by atoms with E-state index in [4.69, 9.17) is 5.73 Å². The highest BCUT2D eigenvalue weighted by Crippen LogP contribution is 2.17. The molecule has 2 unspecified atom stereocenters. The smallest absolute Gasteiger partial charge is 0.242 e. The Labute approximate surface area is 98.8 Å². The van der Waals surface area contributed by atoms with Gasteiger partial charge in [-0.25, -0.2) is 0 Å². The van der Waals surface area contributed by atoms with E-state index in [1.54, 1.807) is 0 Å². The molecule has 2 atom stereocenters. The minimum atomic E-state index is -0.717. The zero-order chi connectivity index (χ0) is 12.3. The number of nitrogens with zero attached hydrogens (tertiary/aromatic N) is 2. The van der Waals surface area contributed by atoms with Gasteiger partial charge in [-0.3, -0.25) is 4.79 Å². The molecule has 1 aliphatic heterocycles. The molecule has 0 aliphatic carbocycles. The fourth-order valence-electron chi connectivity index (χ4n) is 2.18. The molecule has 0 aromatic carbocycles. The molecule has 2 N–H and O–H groups in total. The van der Waals surface area contributed by atoms with Crippen molar-refractivity contribution in [1.29, 1.82) is 0 Å². The van der Waals surface area contributed by atoms with Crippen molar-refractivity contribution < 1.29 is 4.79 Å². The molecule has 1 heterocycles. The Morgan fingerprint density at radius 3 is 2.75 bits per heavy atom. The Bertz CT molecular complexity index is 253. The lowest BCUT2D eigenvalue weighted by atomic mass is 9.96. The second-order valence-corrected chi connectivity index (χ2v) is 5.25. The van der Waals surface area contributed by atoms with E-state index >= 15 is 0 Å². The van der Waals surface area contributed by atoms with E-state index in [1.165, 1.54) is 0 Å². The Balaban J connectivity index is 2.63. The quantitative estimate of drug-likeness (QED) is 0.771. The van der Waals surface area contributed by atoms with Gasteiger partial charge in [0.2, 0.25) is 5.91 Å². The van der Waals surface area contributed by atoms with E-state index in [2.05, 4.69) is 11.9 Å². The van der Waals surface area contributed by atoms with Gasteiger partial charge in [-0.15, -0.1) is 0 Å². The standard InChI is InChI=1S/C12H25N3O/c1-5-12(2,13)11(16)15(4)10-7-6-8-14(3)9-10/h10H,5-9,13H2,1-4H3. The van der Waals surface area contributed by atoms with Crippen LogP contribution in [0.5, 0.6) is 0 Å². The molecule has 1 saturated heterocycles. The monoisotopic (exact) mass is 227 g/mol. The summed E-state index contributed by atoms with van der Waals surface area (Å²) >= 11 is 0. The Morgan fingerprint density at radius 1 is 1.62 bits per heavy atom. The number of amides is 1. The van der Waals surface area contributed by atoms with Crippen LogP contribution in [0.3, 0.4) is 0 Å². The Kier molecular flexibility index (Phi) is 4.33. The molecule has 1 aliphatic rings. The molecule has 4 nitrogen and oxygen atoms in total. The van der Waals surface area contributed by atoms with Crippen molar-refractivity contribution in [2.45, 2.75) is 44.7 Å². The van der Waals surface area contributed by atoms with Crippen LogP contribution < -0.4 is 5.73 Å². The third kappa shape index (κ3) is 2.95. The highest BCUT2D eigenvalue weighted by molar-refractivity contribution is 5.85. The topological polar surface area (TPSA) is 49.6 Å². The molecule has 0 aromatic heterocycles. The minimum Gasteiger partial charge on any atom is -0.340 e. The van der Waals surface area contributed by atoms with Crippen LogP contribution in [0.2, 0.25) is 0 Å². The van der Waals surface area contributed by atoms with Gasteiger partial charge in [-0.1, -0.05) is 6.92 Å². The van der Waals surface area contributed by atoms with Gasteiger partial charge < -0.3 is 15.5 Å². The van der Waals surface area contributed by atoms with E-state index in [1.807, 2.05) is 25.8 Å². The van der Waals surface area contributed by atoms with Crippen molar-refractivity contribution >= 4 is 5.91 Å². The molecule has 0 aromatic rings. The summed E-state index contributed by atoms with van der Waals surface area (Å²) in [6.45, 7) is 5.87. The fourth-order valence-corrected chi connectivity index (χ4v) is 2.18. The van der Waals surface area contributed by atoms with Crippen molar-refractivity contribution in [3.05, 3.63) is 0 Å². The predicted molar refractivity (Wildman–Crippen MR) is 66.2 cm³/mol. The van der Waals surface area contributed by atoms with Crippen LogP contribution in [0.15, 0.2) is 0 Å². The van der Waals surface area contributed by atoms with E-state index in [-0.39, 0.29) is 5.91 Å². The van der Waals surface area contributed by atoms with Crippen molar-refractivity contribution in [3.8, 4) is 0 Å². The summed E-state index contributed by atoms with van der Waals surface area (Å²) in [5.41, 5.74) is 5.28. The molecule has 94 valence electrons. The average Bonchev–Trinajstić information content (AvgIpc) is 2.27. The molecule has 0 saturated carbocycles. The molecular weight excluding hydrogens is 202 g/mol. The van der Waals surface area contributed by atoms with Crippen LogP contribution in [0.4, 0.5) is 0 Å². The van der Waals surface area contributed by atoms with E-state index in [9.17, 15) is 4.79 Å². The number of piperidine rings is 1. The first-order chi connectivity index (χ1) is 7.38. The van der Waals surface area contributed by atoms with Gasteiger partial charge in [-0.05, 0) is 39.8 Å². The van der Waals surface area contributed by atoms with E-state index in [0.717, 1.165) is 25.9 Å². The molecule has 1 amide bonds. The second kappa shape index (κ2) is 5.15. The van der Waals surface area contributed by atoms with Crippen LogP contribution in [0, 0.1) is 0 Å². The molecule has 0 radical (unpaired) electrons. The largest absolute Gasteiger partial charge is 0.340 e. The maximum Gasteiger partial charge on any atom is 0.242 e. The van der Waals surface area contributed by atoms with E-state index in [0.29, 0.717) is 12.5 Å². The Hall–Kier alpha value is -0.610. The van der Waals surface area contributed by atoms with Gasteiger partial charge in [0, 0.05) is 19.6 Å². The summed E-state index contributed by atoms with van der Waals surface area (Å²) in [4.78, 5) is 16.3. The third-order valence-corrected chi connectivity index (χ3v) is 3.69. The molecule has 16 heavy (non-hydrogen) atoms. The summed E-state index contributed by atoms with van der Waals surface area (Å²) in [5.74, 6) is 0.0651. The first kappa shape index (κ1) is 13.5. The van der Waals surface area contributed by atoms with Crippen molar-refractivity contribution in [3.63, 3.8) is 0 Å².